The zero-order valence-electron chi connectivity index (χ0n) is 11.6. The highest BCUT2D eigenvalue weighted by Gasteiger charge is 2.11. The summed E-state index contributed by atoms with van der Waals surface area (Å²) in [5, 5.41) is 0. The van der Waals surface area contributed by atoms with Crippen molar-refractivity contribution in [2.24, 2.45) is 0 Å². The Balaban J connectivity index is 2.21. The molecule has 106 valence electrons. The summed E-state index contributed by atoms with van der Waals surface area (Å²) in [7, 11) is 3.49. The van der Waals surface area contributed by atoms with Gasteiger partial charge in [0.2, 0.25) is 0 Å². The predicted molar refractivity (Wildman–Crippen MR) is 81.1 cm³/mol. The Morgan fingerprint density at radius 1 is 1.20 bits per heavy atom. The highest BCUT2D eigenvalue weighted by molar-refractivity contribution is 6.17. The van der Waals surface area contributed by atoms with E-state index in [1.165, 1.54) is 6.07 Å². The van der Waals surface area contributed by atoms with Crippen molar-refractivity contribution in [3.63, 3.8) is 0 Å². The summed E-state index contributed by atoms with van der Waals surface area (Å²) < 4.78 is 19.4. The molecule has 4 heteroatoms. The summed E-state index contributed by atoms with van der Waals surface area (Å²) in [5.41, 5.74) is 2.33. The molecule has 2 rings (SSSR count). The van der Waals surface area contributed by atoms with Crippen LogP contribution >= 0.6 is 11.6 Å². The Labute approximate surface area is 123 Å². The minimum Gasteiger partial charge on any atom is -0.496 e. The zero-order valence-corrected chi connectivity index (χ0v) is 12.3. The molecular formula is C16H17ClFNO. The second-order valence-corrected chi connectivity index (χ2v) is 4.85. The number of hydrogen-bond acceptors (Lipinski definition) is 2. The van der Waals surface area contributed by atoms with Gasteiger partial charge >= 0.3 is 0 Å². The van der Waals surface area contributed by atoms with E-state index in [1.807, 2.05) is 42.3 Å². The lowest BCUT2D eigenvalue weighted by Gasteiger charge is -2.21. The van der Waals surface area contributed by atoms with Gasteiger partial charge in [-0.15, -0.1) is 11.6 Å². The number of para-hydroxylation sites is 1. The molecular weight excluding hydrogens is 277 g/mol. The van der Waals surface area contributed by atoms with E-state index in [0.29, 0.717) is 18.1 Å². The van der Waals surface area contributed by atoms with E-state index in [4.69, 9.17) is 16.3 Å². The molecule has 0 aromatic heterocycles. The molecule has 20 heavy (non-hydrogen) atoms. The maximum absolute atomic E-state index is 14.0. The summed E-state index contributed by atoms with van der Waals surface area (Å²) in [6, 6.07) is 12.8. The maximum atomic E-state index is 14.0. The molecule has 0 atom stereocenters. The number of alkyl halides is 1. The Bertz CT molecular complexity index is 588. The molecule has 0 bridgehead atoms. The minimum absolute atomic E-state index is 0.263. The van der Waals surface area contributed by atoms with Crippen molar-refractivity contribution in [2.45, 2.75) is 12.4 Å². The molecule has 0 aliphatic carbocycles. The second kappa shape index (κ2) is 6.62. The van der Waals surface area contributed by atoms with E-state index in [1.54, 1.807) is 13.2 Å². The molecule has 0 amide bonds. The van der Waals surface area contributed by atoms with Crippen molar-refractivity contribution in [1.82, 2.24) is 0 Å². The van der Waals surface area contributed by atoms with Gasteiger partial charge in [0.1, 0.15) is 11.6 Å². The number of halogens is 2. The lowest BCUT2D eigenvalue weighted by Crippen LogP contribution is -2.18. The molecule has 0 radical (unpaired) electrons. The van der Waals surface area contributed by atoms with Gasteiger partial charge in [0.15, 0.2) is 0 Å². The van der Waals surface area contributed by atoms with Crippen LogP contribution in [-0.4, -0.2) is 14.2 Å². The van der Waals surface area contributed by atoms with Crippen LogP contribution in [0.25, 0.3) is 0 Å². The first-order valence-corrected chi connectivity index (χ1v) is 6.86. The highest BCUT2D eigenvalue weighted by Crippen LogP contribution is 2.25. The Morgan fingerprint density at radius 3 is 2.60 bits per heavy atom. The van der Waals surface area contributed by atoms with E-state index in [9.17, 15) is 4.39 Å². The molecule has 0 aliphatic heterocycles. The standard InChI is InChI=1S/C16H17ClFNO/c1-19(11-13-5-3-4-6-16(13)20-2)15-8-7-12(10-17)9-14(15)18/h3-9H,10-11H2,1-2H3. The topological polar surface area (TPSA) is 12.5 Å². The van der Waals surface area contributed by atoms with Gasteiger partial charge in [-0.3, -0.25) is 0 Å². The van der Waals surface area contributed by atoms with Crippen molar-refractivity contribution < 1.29 is 9.13 Å². The zero-order chi connectivity index (χ0) is 14.5. The van der Waals surface area contributed by atoms with Crippen molar-refractivity contribution >= 4 is 17.3 Å². The number of rotatable bonds is 5. The van der Waals surface area contributed by atoms with Crippen LogP contribution in [0.4, 0.5) is 10.1 Å². The molecule has 0 aliphatic rings. The van der Waals surface area contributed by atoms with Gasteiger partial charge in [0.05, 0.1) is 12.8 Å². The van der Waals surface area contributed by atoms with Gasteiger partial charge in [-0.2, -0.15) is 0 Å². The average Bonchev–Trinajstić information content (AvgIpc) is 2.47. The van der Waals surface area contributed by atoms with E-state index in [0.717, 1.165) is 16.9 Å². The lowest BCUT2D eigenvalue weighted by atomic mass is 10.1. The third-order valence-corrected chi connectivity index (χ3v) is 3.49. The van der Waals surface area contributed by atoms with Crippen LogP contribution in [0, 0.1) is 5.82 Å². The first kappa shape index (κ1) is 14.7. The van der Waals surface area contributed by atoms with Crippen LogP contribution in [0.1, 0.15) is 11.1 Å². The monoisotopic (exact) mass is 293 g/mol. The first-order valence-electron chi connectivity index (χ1n) is 6.33. The first-order chi connectivity index (χ1) is 9.65. The molecule has 0 saturated heterocycles. The van der Waals surface area contributed by atoms with Crippen LogP contribution in [0.5, 0.6) is 5.75 Å². The van der Waals surface area contributed by atoms with Gasteiger partial charge in [-0.1, -0.05) is 24.3 Å². The maximum Gasteiger partial charge on any atom is 0.146 e. The molecule has 2 nitrogen and oxygen atoms in total. The van der Waals surface area contributed by atoms with Crippen LogP contribution in [0.3, 0.4) is 0 Å². The van der Waals surface area contributed by atoms with Crippen LogP contribution < -0.4 is 9.64 Å². The van der Waals surface area contributed by atoms with Crippen LogP contribution in [0.2, 0.25) is 0 Å². The molecule has 2 aromatic carbocycles. The van der Waals surface area contributed by atoms with E-state index in [-0.39, 0.29) is 5.82 Å². The van der Waals surface area contributed by atoms with Gasteiger partial charge in [0, 0.05) is 25.0 Å². The predicted octanol–water partition coefficient (Wildman–Crippen LogP) is 4.21. The summed E-state index contributed by atoms with van der Waals surface area (Å²) >= 11 is 5.70. The summed E-state index contributed by atoms with van der Waals surface area (Å²) in [6.45, 7) is 0.571. The fourth-order valence-corrected chi connectivity index (χ4v) is 2.28. The molecule has 0 fully saturated rings. The van der Waals surface area contributed by atoms with Crippen molar-refractivity contribution in [1.29, 1.82) is 0 Å². The molecule has 0 N–H and O–H groups in total. The van der Waals surface area contributed by atoms with Gasteiger partial charge < -0.3 is 9.64 Å². The van der Waals surface area contributed by atoms with E-state index < -0.39 is 0 Å². The molecule has 0 heterocycles. The van der Waals surface area contributed by atoms with Gasteiger partial charge in [-0.25, -0.2) is 4.39 Å². The van der Waals surface area contributed by atoms with E-state index >= 15 is 0 Å². The smallest absolute Gasteiger partial charge is 0.146 e. The minimum atomic E-state index is -0.263. The molecule has 2 aromatic rings. The third kappa shape index (κ3) is 3.23. The summed E-state index contributed by atoms with van der Waals surface area (Å²) in [4.78, 5) is 1.85. The van der Waals surface area contributed by atoms with Crippen molar-refractivity contribution in [3.8, 4) is 5.75 Å². The molecule has 0 spiro atoms. The second-order valence-electron chi connectivity index (χ2n) is 4.59. The average molecular weight is 294 g/mol. The number of ether oxygens (including phenoxy) is 1. The summed E-state index contributed by atoms with van der Waals surface area (Å²) in [5.74, 6) is 0.852. The highest BCUT2D eigenvalue weighted by atomic mass is 35.5. The third-order valence-electron chi connectivity index (χ3n) is 3.18. The van der Waals surface area contributed by atoms with Crippen molar-refractivity contribution in [2.75, 3.05) is 19.1 Å². The Morgan fingerprint density at radius 2 is 1.95 bits per heavy atom. The normalized spacial score (nSPS) is 10.4. The number of anilines is 1. The number of methoxy groups -OCH3 is 1. The van der Waals surface area contributed by atoms with Gasteiger partial charge in [0.25, 0.3) is 0 Å². The Kier molecular flexibility index (Phi) is 4.85. The largest absolute Gasteiger partial charge is 0.496 e. The van der Waals surface area contributed by atoms with Gasteiger partial charge in [-0.05, 0) is 23.8 Å². The number of benzene rings is 2. The Hall–Kier alpha value is -1.74. The number of hydrogen-bond donors (Lipinski definition) is 0. The fourth-order valence-electron chi connectivity index (χ4n) is 2.12. The molecule has 0 unspecified atom stereocenters. The fraction of sp³-hybridized carbons (Fsp3) is 0.250. The SMILES string of the molecule is COc1ccccc1CN(C)c1ccc(CCl)cc1F. The molecule has 0 saturated carbocycles. The quantitative estimate of drug-likeness (QED) is 0.766. The van der Waals surface area contributed by atoms with Crippen LogP contribution in [-0.2, 0) is 12.4 Å². The summed E-state index contributed by atoms with van der Waals surface area (Å²) in [6.07, 6.45) is 0. The van der Waals surface area contributed by atoms with Crippen LogP contribution in [0.15, 0.2) is 42.5 Å². The lowest BCUT2D eigenvalue weighted by molar-refractivity contribution is 0.409. The number of nitrogens with zero attached hydrogens (tertiary/aromatic N) is 1. The van der Waals surface area contributed by atoms with E-state index in [2.05, 4.69) is 0 Å². The van der Waals surface area contributed by atoms with Crippen molar-refractivity contribution in [3.05, 3.63) is 59.4 Å².